The molecule has 0 spiro atoms. The summed E-state index contributed by atoms with van der Waals surface area (Å²) in [5.41, 5.74) is -1.14. The average Bonchev–Trinajstić information content (AvgIpc) is 2.84. The van der Waals surface area contributed by atoms with Gasteiger partial charge in [-0.15, -0.1) is 0 Å². The van der Waals surface area contributed by atoms with Crippen molar-refractivity contribution in [1.29, 1.82) is 0 Å². The first-order chi connectivity index (χ1) is 12.8. The summed E-state index contributed by atoms with van der Waals surface area (Å²) >= 11 is 0. The number of carbonyl (C=O) groups is 2. The lowest BCUT2D eigenvalue weighted by molar-refractivity contribution is -0.157. The Labute approximate surface area is 155 Å². The highest BCUT2D eigenvalue weighted by atomic mass is 19.1. The zero-order chi connectivity index (χ0) is 19.8. The Bertz CT molecular complexity index is 916. The number of rotatable bonds is 4. The summed E-state index contributed by atoms with van der Waals surface area (Å²) in [6, 6.07) is 10.1. The van der Waals surface area contributed by atoms with E-state index in [9.17, 15) is 23.5 Å². The highest BCUT2D eigenvalue weighted by Gasteiger charge is 2.57. The van der Waals surface area contributed by atoms with Crippen LogP contribution in [0.15, 0.2) is 54.1 Å². The van der Waals surface area contributed by atoms with Crippen molar-refractivity contribution in [2.45, 2.75) is 19.4 Å². The molecule has 0 radical (unpaired) electrons. The summed E-state index contributed by atoms with van der Waals surface area (Å²) < 4.78 is 31.8. The van der Waals surface area contributed by atoms with Crippen LogP contribution in [0.4, 0.5) is 8.78 Å². The number of aliphatic hydroxyl groups is 1. The van der Waals surface area contributed by atoms with Crippen LogP contribution in [0, 0.1) is 17.6 Å². The number of Topliss-reactive ketones (excluding diaryl/α,β-unsaturated/α-hetero) is 1. The van der Waals surface area contributed by atoms with E-state index in [2.05, 4.69) is 0 Å². The topological polar surface area (TPSA) is 63.6 Å². The Morgan fingerprint density at radius 1 is 1.07 bits per heavy atom. The molecule has 2 aromatic carbocycles. The van der Waals surface area contributed by atoms with Gasteiger partial charge in [0.05, 0.1) is 6.61 Å². The molecule has 6 heteroatoms. The van der Waals surface area contributed by atoms with E-state index in [0.717, 1.165) is 12.1 Å². The molecule has 0 fully saturated rings. The second-order valence-electron chi connectivity index (χ2n) is 6.33. The molecule has 1 aliphatic carbocycles. The van der Waals surface area contributed by atoms with E-state index in [-0.39, 0.29) is 23.3 Å². The minimum atomic E-state index is -2.06. The van der Waals surface area contributed by atoms with Crippen LogP contribution in [0.1, 0.15) is 25.0 Å². The molecule has 140 valence electrons. The van der Waals surface area contributed by atoms with E-state index in [4.69, 9.17) is 4.74 Å². The number of ketones is 1. The van der Waals surface area contributed by atoms with Crippen LogP contribution in [0.2, 0.25) is 0 Å². The molecule has 2 atom stereocenters. The van der Waals surface area contributed by atoms with Gasteiger partial charge in [-0.05, 0) is 49.2 Å². The third kappa shape index (κ3) is 3.06. The van der Waals surface area contributed by atoms with Crippen LogP contribution in [0.5, 0.6) is 0 Å². The number of hydrogen-bond acceptors (Lipinski definition) is 4. The standard InChI is InChI=1S/C21H18F2O4/c1-3-27-20(25)18-19(24)12(2)17(13-4-8-15(22)9-5-13)21(18,26)14-6-10-16(23)11-7-14/h4-11,18,26H,3H2,1-2H3/t18-,21-/m1/s1. The van der Waals surface area contributed by atoms with Crippen molar-refractivity contribution in [3.8, 4) is 0 Å². The second kappa shape index (κ2) is 7.04. The lowest BCUT2D eigenvalue weighted by Gasteiger charge is -2.32. The van der Waals surface area contributed by atoms with E-state index >= 15 is 0 Å². The summed E-state index contributed by atoms with van der Waals surface area (Å²) in [6.07, 6.45) is 0. The molecule has 0 unspecified atom stereocenters. The smallest absolute Gasteiger partial charge is 0.320 e. The third-order valence-corrected chi connectivity index (χ3v) is 4.75. The minimum Gasteiger partial charge on any atom is -0.465 e. The highest BCUT2D eigenvalue weighted by Crippen LogP contribution is 2.50. The molecule has 27 heavy (non-hydrogen) atoms. The van der Waals surface area contributed by atoms with Gasteiger partial charge in [0.2, 0.25) is 0 Å². The number of carbonyl (C=O) groups excluding carboxylic acids is 2. The first kappa shape index (κ1) is 18.9. The van der Waals surface area contributed by atoms with Gasteiger partial charge in [-0.3, -0.25) is 9.59 Å². The maximum Gasteiger partial charge on any atom is 0.320 e. The van der Waals surface area contributed by atoms with Crippen molar-refractivity contribution >= 4 is 17.3 Å². The Hall–Kier alpha value is -2.86. The molecule has 4 nitrogen and oxygen atoms in total. The molecule has 2 aromatic rings. The first-order valence-electron chi connectivity index (χ1n) is 8.47. The van der Waals surface area contributed by atoms with Crippen molar-refractivity contribution < 1.29 is 28.2 Å². The van der Waals surface area contributed by atoms with Crippen LogP contribution in [0.25, 0.3) is 5.57 Å². The van der Waals surface area contributed by atoms with E-state index in [1.807, 2.05) is 0 Å². The molecule has 0 saturated carbocycles. The summed E-state index contributed by atoms with van der Waals surface area (Å²) in [7, 11) is 0. The molecular weight excluding hydrogens is 354 g/mol. The Morgan fingerprint density at radius 3 is 2.11 bits per heavy atom. The van der Waals surface area contributed by atoms with Gasteiger partial charge in [0.25, 0.3) is 0 Å². The van der Waals surface area contributed by atoms with Gasteiger partial charge in [0.1, 0.15) is 17.2 Å². The third-order valence-electron chi connectivity index (χ3n) is 4.75. The molecule has 3 rings (SSSR count). The predicted molar refractivity (Wildman–Crippen MR) is 94.4 cm³/mol. The van der Waals surface area contributed by atoms with Crippen molar-refractivity contribution in [2.75, 3.05) is 6.61 Å². The zero-order valence-electron chi connectivity index (χ0n) is 14.8. The molecule has 0 saturated heterocycles. The lowest BCUT2D eigenvalue weighted by atomic mass is 9.77. The van der Waals surface area contributed by atoms with Gasteiger partial charge in [-0.1, -0.05) is 24.3 Å². The molecular formula is C21H18F2O4. The average molecular weight is 372 g/mol. The Morgan fingerprint density at radius 2 is 1.59 bits per heavy atom. The van der Waals surface area contributed by atoms with Crippen molar-refractivity contribution in [3.63, 3.8) is 0 Å². The van der Waals surface area contributed by atoms with Gasteiger partial charge < -0.3 is 9.84 Å². The fraction of sp³-hybridized carbons (Fsp3) is 0.238. The number of esters is 1. The highest BCUT2D eigenvalue weighted by molar-refractivity contribution is 6.19. The van der Waals surface area contributed by atoms with Crippen LogP contribution in [0.3, 0.4) is 0 Å². The van der Waals surface area contributed by atoms with Crippen molar-refractivity contribution in [2.24, 2.45) is 5.92 Å². The zero-order valence-corrected chi connectivity index (χ0v) is 14.8. The van der Waals surface area contributed by atoms with E-state index < -0.39 is 34.9 Å². The number of halogens is 2. The maximum absolute atomic E-state index is 13.4. The predicted octanol–water partition coefficient (Wildman–Crippen LogP) is 3.39. The van der Waals surface area contributed by atoms with Crippen molar-refractivity contribution in [3.05, 3.63) is 76.9 Å². The number of benzene rings is 2. The minimum absolute atomic E-state index is 0.0348. The van der Waals surface area contributed by atoms with Gasteiger partial charge in [0.15, 0.2) is 11.7 Å². The van der Waals surface area contributed by atoms with E-state index in [0.29, 0.717) is 5.56 Å². The van der Waals surface area contributed by atoms with Gasteiger partial charge in [-0.25, -0.2) is 8.78 Å². The van der Waals surface area contributed by atoms with Crippen LogP contribution in [-0.2, 0) is 19.9 Å². The monoisotopic (exact) mass is 372 g/mol. The number of hydrogen-bond donors (Lipinski definition) is 1. The SMILES string of the molecule is CCOC(=O)[C@H]1C(=O)C(C)=C(c2ccc(F)cc2)[C@]1(O)c1ccc(F)cc1. The van der Waals surface area contributed by atoms with Gasteiger partial charge in [-0.2, -0.15) is 0 Å². The normalized spacial score (nSPS) is 22.3. The maximum atomic E-state index is 13.4. The molecule has 1 N–H and O–H groups in total. The van der Waals surface area contributed by atoms with E-state index in [1.165, 1.54) is 43.3 Å². The van der Waals surface area contributed by atoms with Crippen LogP contribution in [-0.4, -0.2) is 23.5 Å². The van der Waals surface area contributed by atoms with Crippen LogP contribution < -0.4 is 0 Å². The molecule has 1 aliphatic rings. The number of ether oxygens (including phenoxy) is 1. The fourth-order valence-electron chi connectivity index (χ4n) is 3.53. The second-order valence-corrected chi connectivity index (χ2v) is 6.33. The Kier molecular flexibility index (Phi) is 4.93. The van der Waals surface area contributed by atoms with E-state index in [1.54, 1.807) is 6.92 Å². The molecule has 0 bridgehead atoms. The van der Waals surface area contributed by atoms with Crippen molar-refractivity contribution in [1.82, 2.24) is 0 Å². The summed E-state index contributed by atoms with van der Waals surface area (Å²) in [6.45, 7) is 3.12. The Balaban J connectivity index is 2.25. The molecule has 0 heterocycles. The molecule has 0 aliphatic heterocycles. The summed E-state index contributed by atoms with van der Waals surface area (Å²) in [5.74, 6) is -3.98. The molecule has 0 aromatic heterocycles. The molecule has 0 amide bonds. The van der Waals surface area contributed by atoms with Crippen LogP contribution >= 0.6 is 0 Å². The van der Waals surface area contributed by atoms with Gasteiger partial charge >= 0.3 is 5.97 Å². The number of allylic oxidation sites excluding steroid dienone is 1. The first-order valence-corrected chi connectivity index (χ1v) is 8.47. The van der Waals surface area contributed by atoms with Gasteiger partial charge in [0, 0.05) is 11.1 Å². The summed E-state index contributed by atoms with van der Waals surface area (Å²) in [5, 5.41) is 11.6. The lowest BCUT2D eigenvalue weighted by Crippen LogP contribution is -2.41. The quantitative estimate of drug-likeness (QED) is 0.660. The summed E-state index contributed by atoms with van der Waals surface area (Å²) in [4.78, 5) is 25.4. The largest absolute Gasteiger partial charge is 0.465 e. The fourth-order valence-corrected chi connectivity index (χ4v) is 3.53.